The van der Waals surface area contributed by atoms with E-state index < -0.39 is 10.2 Å². The number of nitro groups is 2. The van der Waals surface area contributed by atoms with Gasteiger partial charge < -0.3 is 4.74 Å². The quantitative estimate of drug-likeness (QED) is 0.134. The van der Waals surface area contributed by atoms with Crippen molar-refractivity contribution in [2.24, 2.45) is 0 Å². The first kappa shape index (κ1) is 26.1. The van der Waals surface area contributed by atoms with E-state index in [0.717, 1.165) is 11.3 Å². The number of nitro benzene ring substituents is 1. The Kier molecular flexibility index (Phi) is 8.04. The summed E-state index contributed by atoms with van der Waals surface area (Å²) in [4.78, 5) is 21.7. The second-order valence-corrected chi connectivity index (χ2v) is 9.81. The molecule has 0 N–H and O–H groups in total. The van der Waals surface area contributed by atoms with Gasteiger partial charge >= 0.3 is 0 Å². The third kappa shape index (κ3) is 6.43. The van der Waals surface area contributed by atoms with Crippen LogP contribution in [0.25, 0.3) is 5.69 Å². The summed E-state index contributed by atoms with van der Waals surface area (Å²) in [6.45, 7) is 3.53. The van der Waals surface area contributed by atoms with Crippen molar-refractivity contribution in [2.75, 3.05) is 6.54 Å². The van der Waals surface area contributed by atoms with Gasteiger partial charge in [-0.05, 0) is 54.8 Å². The Balaban J connectivity index is 1.56. The molecule has 190 valence electrons. The Morgan fingerprint density at radius 2 is 1.81 bits per heavy atom. The molecule has 4 rings (SSSR count). The van der Waals surface area contributed by atoms with Crippen LogP contribution in [0, 0.1) is 34.1 Å². The number of aromatic nitrogens is 3. The molecule has 0 aliphatic rings. The first-order valence-corrected chi connectivity index (χ1v) is 12.4. The Morgan fingerprint density at radius 1 is 1.03 bits per heavy atom. The normalized spacial score (nSPS) is 11.8. The topological polar surface area (TPSA) is 126 Å². The maximum absolute atomic E-state index is 11.5. The van der Waals surface area contributed by atoms with Crippen LogP contribution in [0.4, 0.5) is 5.69 Å². The van der Waals surface area contributed by atoms with E-state index in [1.165, 1.54) is 23.9 Å². The third-order valence-electron chi connectivity index (χ3n) is 5.46. The smallest absolute Gasteiger partial charge is 0.269 e. The van der Waals surface area contributed by atoms with Gasteiger partial charge in [0.15, 0.2) is 5.16 Å². The highest BCUT2D eigenvalue weighted by Crippen LogP contribution is 2.38. The molecule has 0 radical (unpaired) electrons. The van der Waals surface area contributed by atoms with Gasteiger partial charge in [-0.3, -0.25) is 24.8 Å². The summed E-state index contributed by atoms with van der Waals surface area (Å²) in [5.41, 5.74) is 3.15. The number of rotatable bonds is 10. The van der Waals surface area contributed by atoms with Gasteiger partial charge in [0.2, 0.25) is 6.54 Å². The van der Waals surface area contributed by atoms with E-state index >= 15 is 0 Å². The van der Waals surface area contributed by atoms with Crippen molar-refractivity contribution < 1.29 is 14.6 Å². The lowest BCUT2D eigenvalue weighted by Crippen LogP contribution is -2.11. The summed E-state index contributed by atoms with van der Waals surface area (Å²) in [7, 11) is 0. The standard InChI is InChI=1S/C25H22ClN5O5S/c1-16-5-3-7-20(11-16)30-17(2)27-28-25(30)37-24(14-29(32)33)19-9-10-23(22(26)13-19)36-15-18-6-4-8-21(12-18)31(34)35/h3-13,24H,14-15H2,1-2H3/t24-/m0/s1. The molecule has 0 spiro atoms. The molecule has 4 aromatic rings. The van der Waals surface area contributed by atoms with Crippen molar-refractivity contribution in [1.29, 1.82) is 0 Å². The summed E-state index contributed by atoms with van der Waals surface area (Å²) >= 11 is 7.70. The van der Waals surface area contributed by atoms with Gasteiger partial charge in [-0.15, -0.1) is 10.2 Å². The van der Waals surface area contributed by atoms with Gasteiger partial charge in [-0.1, -0.05) is 53.7 Å². The second-order valence-electron chi connectivity index (χ2n) is 8.23. The summed E-state index contributed by atoms with van der Waals surface area (Å²) in [6, 6.07) is 18.9. The zero-order valence-electron chi connectivity index (χ0n) is 19.9. The van der Waals surface area contributed by atoms with E-state index in [4.69, 9.17) is 16.3 Å². The minimum Gasteiger partial charge on any atom is -0.487 e. The number of hydrogen-bond acceptors (Lipinski definition) is 8. The molecule has 1 heterocycles. The number of halogens is 1. The molecule has 0 amide bonds. The minimum atomic E-state index is -0.592. The fraction of sp³-hybridized carbons (Fsp3) is 0.200. The zero-order valence-corrected chi connectivity index (χ0v) is 21.5. The van der Waals surface area contributed by atoms with Crippen molar-refractivity contribution in [3.05, 3.63) is 114 Å². The molecule has 3 aromatic carbocycles. The van der Waals surface area contributed by atoms with Crippen LogP contribution in [0.1, 0.15) is 27.8 Å². The van der Waals surface area contributed by atoms with Gasteiger partial charge in [-0.2, -0.15) is 0 Å². The predicted molar refractivity (Wildman–Crippen MR) is 140 cm³/mol. The molecule has 12 heteroatoms. The monoisotopic (exact) mass is 539 g/mol. The summed E-state index contributed by atoms with van der Waals surface area (Å²) in [5, 5.41) is 31.2. The largest absolute Gasteiger partial charge is 0.487 e. The highest BCUT2D eigenvalue weighted by molar-refractivity contribution is 7.99. The first-order valence-electron chi connectivity index (χ1n) is 11.1. The van der Waals surface area contributed by atoms with Gasteiger partial charge in [0.1, 0.15) is 23.4 Å². The summed E-state index contributed by atoms with van der Waals surface area (Å²) < 4.78 is 7.63. The number of ether oxygens (including phenoxy) is 1. The molecule has 1 atom stereocenters. The number of benzene rings is 3. The van der Waals surface area contributed by atoms with Crippen molar-refractivity contribution in [2.45, 2.75) is 30.9 Å². The van der Waals surface area contributed by atoms with Crippen molar-refractivity contribution in [3.63, 3.8) is 0 Å². The van der Waals surface area contributed by atoms with Crippen molar-refractivity contribution in [3.8, 4) is 11.4 Å². The SMILES string of the molecule is Cc1cccc(-n2c(C)nnc2S[C@@H](C[N+](=O)[O-])c2ccc(OCc3cccc([N+](=O)[O-])c3)c(Cl)c2)c1. The summed E-state index contributed by atoms with van der Waals surface area (Å²) in [6.07, 6.45) is 0. The van der Waals surface area contributed by atoms with E-state index in [9.17, 15) is 20.2 Å². The van der Waals surface area contributed by atoms with Crippen LogP contribution < -0.4 is 4.74 Å². The molecule has 0 saturated heterocycles. The van der Waals surface area contributed by atoms with Crippen LogP contribution in [-0.4, -0.2) is 31.2 Å². The van der Waals surface area contributed by atoms with Crippen molar-refractivity contribution in [1.82, 2.24) is 14.8 Å². The third-order valence-corrected chi connectivity index (χ3v) is 6.94. The molecule has 0 bridgehead atoms. The van der Waals surface area contributed by atoms with E-state index in [0.29, 0.717) is 27.9 Å². The number of aryl methyl sites for hydroxylation is 2. The predicted octanol–water partition coefficient (Wildman–Crippen LogP) is 6.13. The van der Waals surface area contributed by atoms with Crippen LogP contribution in [-0.2, 0) is 6.61 Å². The van der Waals surface area contributed by atoms with Crippen LogP contribution in [0.3, 0.4) is 0 Å². The highest BCUT2D eigenvalue weighted by atomic mass is 35.5. The van der Waals surface area contributed by atoms with Crippen LogP contribution in [0.5, 0.6) is 5.75 Å². The lowest BCUT2D eigenvalue weighted by Gasteiger charge is -2.16. The highest BCUT2D eigenvalue weighted by Gasteiger charge is 2.24. The lowest BCUT2D eigenvalue weighted by molar-refractivity contribution is -0.479. The first-order chi connectivity index (χ1) is 17.7. The molecule has 0 unspecified atom stereocenters. The fourth-order valence-corrected chi connectivity index (χ4v) is 5.12. The van der Waals surface area contributed by atoms with Gasteiger partial charge in [-0.25, -0.2) is 0 Å². The van der Waals surface area contributed by atoms with E-state index in [-0.39, 0.29) is 28.8 Å². The average molecular weight is 540 g/mol. The Morgan fingerprint density at radius 3 is 2.51 bits per heavy atom. The van der Waals surface area contributed by atoms with Crippen LogP contribution in [0.15, 0.2) is 71.9 Å². The Hall–Kier alpha value is -3.96. The Bertz CT molecular complexity index is 1460. The van der Waals surface area contributed by atoms with Crippen molar-refractivity contribution >= 4 is 29.1 Å². The minimum absolute atomic E-state index is 0.0315. The molecule has 0 aliphatic carbocycles. The van der Waals surface area contributed by atoms with Gasteiger partial charge in [0, 0.05) is 22.7 Å². The van der Waals surface area contributed by atoms with Gasteiger partial charge in [0.25, 0.3) is 5.69 Å². The van der Waals surface area contributed by atoms with Gasteiger partial charge in [0.05, 0.1) is 9.95 Å². The fourth-order valence-electron chi connectivity index (χ4n) is 3.71. The number of hydrogen-bond donors (Lipinski definition) is 0. The number of nitrogens with zero attached hydrogens (tertiary/aromatic N) is 5. The molecule has 0 saturated carbocycles. The van der Waals surface area contributed by atoms with E-state index in [2.05, 4.69) is 10.2 Å². The number of non-ortho nitro benzene ring substituents is 1. The van der Waals surface area contributed by atoms with Crippen LogP contribution in [0.2, 0.25) is 5.02 Å². The number of thioether (sulfide) groups is 1. The van der Waals surface area contributed by atoms with E-state index in [1.54, 1.807) is 30.3 Å². The summed E-state index contributed by atoms with van der Waals surface area (Å²) in [5.74, 6) is 1.02. The van der Waals surface area contributed by atoms with Crippen LogP contribution >= 0.6 is 23.4 Å². The molecule has 1 aromatic heterocycles. The molecular weight excluding hydrogens is 518 g/mol. The molecule has 10 nitrogen and oxygen atoms in total. The Labute approximate surface area is 221 Å². The maximum atomic E-state index is 11.5. The second kappa shape index (κ2) is 11.4. The maximum Gasteiger partial charge on any atom is 0.269 e. The van der Waals surface area contributed by atoms with E-state index in [1.807, 2.05) is 42.7 Å². The molecule has 0 fully saturated rings. The lowest BCUT2D eigenvalue weighted by atomic mass is 10.1. The molecular formula is C25H22ClN5O5S. The molecule has 37 heavy (non-hydrogen) atoms. The zero-order chi connectivity index (χ0) is 26.5. The molecule has 0 aliphatic heterocycles. The average Bonchev–Trinajstić information content (AvgIpc) is 3.22.